The minimum atomic E-state index is -0.445. The molecule has 20 heavy (non-hydrogen) atoms. The number of rotatable bonds is 5. The van der Waals surface area contributed by atoms with E-state index in [2.05, 4.69) is 11.6 Å². The molecule has 1 fully saturated rings. The maximum atomic E-state index is 10.8. The predicted molar refractivity (Wildman–Crippen MR) is 86.0 cm³/mol. The zero-order chi connectivity index (χ0) is 14.8. The van der Waals surface area contributed by atoms with Crippen molar-refractivity contribution in [2.24, 2.45) is 0 Å². The number of nitro benzene ring substituents is 1. The van der Waals surface area contributed by atoms with Crippen molar-refractivity contribution < 1.29 is 4.92 Å². The minimum Gasteiger partial charge on any atom is -0.383 e. The van der Waals surface area contributed by atoms with Crippen LogP contribution in [-0.2, 0) is 0 Å². The van der Waals surface area contributed by atoms with E-state index in [-0.39, 0.29) is 10.7 Å². The number of anilines is 1. The van der Waals surface area contributed by atoms with Gasteiger partial charge in [-0.05, 0) is 37.7 Å². The molecule has 0 aromatic heterocycles. The fourth-order valence-electron chi connectivity index (χ4n) is 2.73. The average molecular weight is 315 g/mol. The van der Waals surface area contributed by atoms with E-state index in [1.54, 1.807) is 6.07 Å². The molecule has 1 aromatic rings. The van der Waals surface area contributed by atoms with Gasteiger partial charge in [-0.1, -0.05) is 24.4 Å². The Labute approximate surface area is 128 Å². The summed E-state index contributed by atoms with van der Waals surface area (Å²) in [6.07, 6.45) is 7.16. The zero-order valence-electron chi connectivity index (χ0n) is 11.7. The molecular formula is C14H19ClN2O2S. The first-order valence-corrected chi connectivity index (χ1v) is 8.31. The summed E-state index contributed by atoms with van der Waals surface area (Å²) in [5.74, 6) is 0. The predicted octanol–water partition coefficient (Wildman–Crippen LogP) is 4.64. The smallest absolute Gasteiger partial charge is 0.288 e. The molecule has 1 aliphatic rings. The molecule has 0 bridgehead atoms. The number of hydrogen-bond acceptors (Lipinski definition) is 4. The van der Waals surface area contributed by atoms with Gasteiger partial charge in [0.05, 0.1) is 4.92 Å². The number of halogens is 1. The van der Waals surface area contributed by atoms with Gasteiger partial charge in [-0.3, -0.25) is 10.1 Å². The molecule has 1 aliphatic carbocycles. The van der Waals surface area contributed by atoms with Gasteiger partial charge in [0.25, 0.3) is 5.69 Å². The van der Waals surface area contributed by atoms with Crippen LogP contribution in [0.1, 0.15) is 31.2 Å². The molecule has 0 unspecified atom stereocenters. The average Bonchev–Trinajstić information content (AvgIpc) is 2.88. The summed E-state index contributed by atoms with van der Waals surface area (Å²) in [7, 11) is 0. The third-order valence-corrected chi connectivity index (χ3v) is 5.76. The normalized spacial score (nSPS) is 17.1. The SMILES string of the molecule is CSC1(CNc2cc(Cl)c([N+](=O)[O-])cc2C)CCCC1. The second kappa shape index (κ2) is 6.22. The van der Waals surface area contributed by atoms with E-state index in [0.717, 1.165) is 17.8 Å². The summed E-state index contributed by atoms with van der Waals surface area (Å²) < 4.78 is 0.292. The number of thioether (sulfide) groups is 1. The van der Waals surface area contributed by atoms with E-state index in [4.69, 9.17) is 11.6 Å². The number of nitrogens with zero attached hydrogens (tertiary/aromatic N) is 1. The monoisotopic (exact) mass is 314 g/mol. The Balaban J connectivity index is 2.14. The van der Waals surface area contributed by atoms with Gasteiger partial charge >= 0.3 is 0 Å². The second-order valence-electron chi connectivity index (χ2n) is 5.32. The summed E-state index contributed by atoms with van der Waals surface area (Å²) in [4.78, 5) is 10.4. The molecule has 1 aromatic carbocycles. The van der Waals surface area contributed by atoms with Gasteiger partial charge in [0.1, 0.15) is 5.02 Å². The first-order chi connectivity index (χ1) is 9.47. The Kier molecular flexibility index (Phi) is 4.81. The van der Waals surface area contributed by atoms with Crippen LogP contribution in [-0.4, -0.2) is 22.5 Å². The lowest BCUT2D eigenvalue weighted by Gasteiger charge is -2.28. The maximum Gasteiger partial charge on any atom is 0.288 e. The highest BCUT2D eigenvalue weighted by atomic mass is 35.5. The molecule has 1 N–H and O–H groups in total. The summed E-state index contributed by atoms with van der Waals surface area (Å²) in [5, 5.41) is 14.5. The molecule has 0 aliphatic heterocycles. The molecule has 0 radical (unpaired) electrons. The van der Waals surface area contributed by atoms with Crippen molar-refractivity contribution in [2.75, 3.05) is 18.1 Å². The van der Waals surface area contributed by atoms with Gasteiger partial charge in [0.15, 0.2) is 0 Å². The van der Waals surface area contributed by atoms with Gasteiger partial charge in [-0.2, -0.15) is 11.8 Å². The molecule has 0 heterocycles. The standard InChI is InChI=1S/C14H19ClN2O2S/c1-10-7-13(17(18)19)11(15)8-12(10)16-9-14(20-2)5-3-4-6-14/h7-8,16H,3-6,9H2,1-2H3. The van der Waals surface area contributed by atoms with E-state index in [1.165, 1.54) is 31.7 Å². The van der Waals surface area contributed by atoms with Crippen LogP contribution in [0, 0.1) is 17.0 Å². The van der Waals surface area contributed by atoms with Crippen LogP contribution < -0.4 is 5.32 Å². The van der Waals surface area contributed by atoms with Gasteiger partial charge in [-0.25, -0.2) is 0 Å². The van der Waals surface area contributed by atoms with Crippen LogP contribution in [0.2, 0.25) is 5.02 Å². The zero-order valence-corrected chi connectivity index (χ0v) is 13.3. The summed E-state index contributed by atoms with van der Waals surface area (Å²) in [5.41, 5.74) is 1.71. The van der Waals surface area contributed by atoms with E-state index >= 15 is 0 Å². The Morgan fingerprint density at radius 3 is 2.65 bits per heavy atom. The van der Waals surface area contributed by atoms with Crippen LogP contribution in [0.5, 0.6) is 0 Å². The maximum absolute atomic E-state index is 10.8. The highest BCUT2D eigenvalue weighted by Crippen LogP contribution is 2.40. The Hall–Kier alpha value is -0.940. The lowest BCUT2D eigenvalue weighted by Crippen LogP contribution is -2.30. The highest BCUT2D eigenvalue weighted by Gasteiger charge is 2.32. The largest absolute Gasteiger partial charge is 0.383 e. The van der Waals surface area contributed by atoms with Gasteiger partial charge < -0.3 is 5.32 Å². The van der Waals surface area contributed by atoms with E-state index in [9.17, 15) is 10.1 Å². The lowest BCUT2D eigenvalue weighted by atomic mass is 10.1. The van der Waals surface area contributed by atoms with Crippen LogP contribution in [0.3, 0.4) is 0 Å². The van der Waals surface area contributed by atoms with Crippen LogP contribution in [0.15, 0.2) is 12.1 Å². The topological polar surface area (TPSA) is 55.2 Å². The summed E-state index contributed by atoms with van der Waals surface area (Å²) in [6.45, 7) is 2.75. The first-order valence-electron chi connectivity index (χ1n) is 6.71. The van der Waals surface area contributed by atoms with Crippen LogP contribution in [0.4, 0.5) is 11.4 Å². The fraction of sp³-hybridized carbons (Fsp3) is 0.571. The van der Waals surface area contributed by atoms with Gasteiger partial charge in [0, 0.05) is 23.0 Å². The number of nitro groups is 1. The van der Waals surface area contributed by atoms with Crippen molar-refractivity contribution in [1.82, 2.24) is 0 Å². The Bertz CT molecular complexity index is 516. The molecule has 0 spiro atoms. The third kappa shape index (κ3) is 3.20. The number of aryl methyl sites for hydroxylation is 1. The molecule has 6 heteroatoms. The quantitative estimate of drug-likeness (QED) is 0.635. The molecule has 1 saturated carbocycles. The van der Waals surface area contributed by atoms with Gasteiger partial charge in [0.2, 0.25) is 0 Å². The van der Waals surface area contributed by atoms with E-state index in [1.807, 2.05) is 18.7 Å². The van der Waals surface area contributed by atoms with Crippen molar-refractivity contribution in [2.45, 2.75) is 37.4 Å². The fourth-order valence-corrected chi connectivity index (χ4v) is 3.87. The summed E-state index contributed by atoms with van der Waals surface area (Å²) >= 11 is 7.89. The lowest BCUT2D eigenvalue weighted by molar-refractivity contribution is -0.384. The van der Waals surface area contributed by atoms with Crippen molar-refractivity contribution in [1.29, 1.82) is 0 Å². The van der Waals surface area contributed by atoms with E-state index in [0.29, 0.717) is 4.75 Å². The van der Waals surface area contributed by atoms with Gasteiger partial charge in [-0.15, -0.1) is 0 Å². The van der Waals surface area contributed by atoms with Crippen LogP contribution >= 0.6 is 23.4 Å². The highest BCUT2D eigenvalue weighted by molar-refractivity contribution is 8.00. The molecule has 110 valence electrons. The molecule has 4 nitrogen and oxygen atoms in total. The van der Waals surface area contributed by atoms with Crippen molar-refractivity contribution in [3.63, 3.8) is 0 Å². The number of hydrogen-bond donors (Lipinski definition) is 1. The van der Waals surface area contributed by atoms with Crippen molar-refractivity contribution in [3.05, 3.63) is 32.8 Å². The molecule has 0 saturated heterocycles. The first kappa shape index (κ1) is 15.4. The second-order valence-corrected chi connectivity index (χ2v) is 7.00. The molecule has 2 rings (SSSR count). The third-order valence-electron chi connectivity index (χ3n) is 4.04. The number of nitrogens with one attached hydrogen (secondary N) is 1. The molecule has 0 atom stereocenters. The molecular weight excluding hydrogens is 296 g/mol. The summed E-state index contributed by atoms with van der Waals surface area (Å²) in [6, 6.07) is 3.20. The molecule has 0 amide bonds. The Morgan fingerprint density at radius 2 is 2.10 bits per heavy atom. The van der Waals surface area contributed by atoms with Crippen molar-refractivity contribution in [3.8, 4) is 0 Å². The van der Waals surface area contributed by atoms with E-state index < -0.39 is 4.92 Å². The Morgan fingerprint density at radius 1 is 1.45 bits per heavy atom. The van der Waals surface area contributed by atoms with Crippen molar-refractivity contribution >= 4 is 34.7 Å². The van der Waals surface area contributed by atoms with Crippen LogP contribution in [0.25, 0.3) is 0 Å². The number of benzene rings is 1. The minimum absolute atomic E-state index is 0.0323.